The van der Waals surface area contributed by atoms with Crippen LogP contribution in [-0.2, 0) is 27.4 Å². The van der Waals surface area contributed by atoms with E-state index in [9.17, 15) is 0 Å². The second-order valence-electron chi connectivity index (χ2n) is 8.07. The molecular formula is C26H37N3O3. The molecule has 0 amide bonds. The molecule has 1 aliphatic rings. The number of nitrogens with zero attached hydrogens (tertiary/aromatic N) is 1. The molecule has 2 N–H and O–H groups in total. The van der Waals surface area contributed by atoms with Gasteiger partial charge in [0.2, 0.25) is 0 Å². The van der Waals surface area contributed by atoms with Crippen LogP contribution in [0.5, 0.6) is 0 Å². The predicted octanol–water partition coefficient (Wildman–Crippen LogP) is 4.22. The van der Waals surface area contributed by atoms with Crippen LogP contribution in [0, 0.1) is 0 Å². The fourth-order valence-corrected chi connectivity index (χ4v) is 3.65. The van der Waals surface area contributed by atoms with E-state index >= 15 is 0 Å². The highest BCUT2D eigenvalue weighted by Gasteiger charge is 2.14. The van der Waals surface area contributed by atoms with Gasteiger partial charge in [0.15, 0.2) is 5.96 Å². The summed E-state index contributed by atoms with van der Waals surface area (Å²) in [6.45, 7) is 6.57. The van der Waals surface area contributed by atoms with Crippen molar-refractivity contribution in [3.63, 3.8) is 0 Å². The molecule has 1 atom stereocenters. The Morgan fingerprint density at radius 3 is 2.62 bits per heavy atom. The third kappa shape index (κ3) is 8.61. The number of guanidine groups is 1. The van der Waals surface area contributed by atoms with Gasteiger partial charge in [0.1, 0.15) is 0 Å². The number of aliphatic imine (C=N–C) groups is 1. The maximum absolute atomic E-state index is 6.04. The zero-order chi connectivity index (χ0) is 22.4. The first-order valence-electron chi connectivity index (χ1n) is 11.6. The lowest BCUT2D eigenvalue weighted by Crippen LogP contribution is -2.37. The van der Waals surface area contributed by atoms with E-state index in [1.165, 1.54) is 16.7 Å². The summed E-state index contributed by atoms with van der Waals surface area (Å²) in [5.41, 5.74) is 3.61. The van der Waals surface area contributed by atoms with E-state index < -0.39 is 0 Å². The van der Waals surface area contributed by atoms with Crippen molar-refractivity contribution in [3.8, 4) is 0 Å². The van der Waals surface area contributed by atoms with Gasteiger partial charge in [-0.05, 0) is 42.9 Å². The molecule has 0 aliphatic carbocycles. The normalized spacial score (nSPS) is 16.0. The lowest BCUT2D eigenvalue weighted by molar-refractivity contribution is -0.0390. The lowest BCUT2D eigenvalue weighted by Gasteiger charge is -2.22. The molecule has 2 aromatic carbocycles. The average molecular weight is 440 g/mol. The fourth-order valence-electron chi connectivity index (χ4n) is 3.65. The van der Waals surface area contributed by atoms with Crippen LogP contribution < -0.4 is 10.6 Å². The Hall–Kier alpha value is -2.41. The van der Waals surface area contributed by atoms with Crippen molar-refractivity contribution < 1.29 is 14.2 Å². The molecule has 1 fully saturated rings. The van der Waals surface area contributed by atoms with Crippen LogP contribution in [-0.4, -0.2) is 45.5 Å². The quantitative estimate of drug-likeness (QED) is 0.312. The molecule has 3 rings (SSSR count). The minimum absolute atomic E-state index is 0.108. The predicted molar refractivity (Wildman–Crippen MR) is 129 cm³/mol. The number of benzene rings is 2. The van der Waals surface area contributed by atoms with Crippen molar-refractivity contribution in [2.75, 3.05) is 33.4 Å². The maximum atomic E-state index is 6.04. The van der Waals surface area contributed by atoms with Gasteiger partial charge in [0, 0.05) is 40.0 Å². The van der Waals surface area contributed by atoms with Crippen molar-refractivity contribution in [2.24, 2.45) is 4.99 Å². The number of hydrogen-bond acceptors (Lipinski definition) is 4. The highest BCUT2D eigenvalue weighted by Crippen LogP contribution is 2.16. The maximum Gasteiger partial charge on any atom is 0.191 e. The van der Waals surface area contributed by atoms with Crippen molar-refractivity contribution in [1.29, 1.82) is 0 Å². The van der Waals surface area contributed by atoms with Crippen LogP contribution in [0.3, 0.4) is 0 Å². The van der Waals surface area contributed by atoms with Gasteiger partial charge in [0.05, 0.1) is 18.8 Å². The monoisotopic (exact) mass is 439 g/mol. The minimum atomic E-state index is 0.108. The van der Waals surface area contributed by atoms with Crippen molar-refractivity contribution >= 4 is 5.96 Å². The lowest BCUT2D eigenvalue weighted by atomic mass is 10.1. The molecule has 32 heavy (non-hydrogen) atoms. The van der Waals surface area contributed by atoms with Crippen LogP contribution in [0.4, 0.5) is 0 Å². The first kappa shape index (κ1) is 24.2. The standard InChI is InChI=1S/C26H37N3O3/c1-21(24-10-4-3-5-11-24)31-15-7-14-28-26(27-2)29-19-22-8-6-9-23(18-22)20-32-25-12-16-30-17-13-25/h3-6,8-11,18,21,25H,7,12-17,19-20H2,1-2H3,(H2,27,28,29). The van der Waals surface area contributed by atoms with Gasteiger partial charge < -0.3 is 24.8 Å². The number of rotatable bonds is 11. The van der Waals surface area contributed by atoms with E-state index in [2.05, 4.69) is 58.9 Å². The second-order valence-corrected chi connectivity index (χ2v) is 8.07. The van der Waals surface area contributed by atoms with Crippen LogP contribution >= 0.6 is 0 Å². The van der Waals surface area contributed by atoms with Crippen LogP contribution in [0.2, 0.25) is 0 Å². The summed E-state index contributed by atoms with van der Waals surface area (Å²) in [4.78, 5) is 4.32. The van der Waals surface area contributed by atoms with E-state index in [1.54, 1.807) is 7.05 Å². The van der Waals surface area contributed by atoms with Gasteiger partial charge in [-0.1, -0.05) is 54.6 Å². The summed E-state index contributed by atoms with van der Waals surface area (Å²) >= 11 is 0. The number of ether oxygens (including phenoxy) is 3. The minimum Gasteiger partial charge on any atom is -0.381 e. The Kier molecular flexibility index (Phi) is 10.5. The summed E-state index contributed by atoms with van der Waals surface area (Å²) in [6.07, 6.45) is 3.31. The number of nitrogens with one attached hydrogen (secondary N) is 2. The Labute approximate surface area is 192 Å². The smallest absolute Gasteiger partial charge is 0.191 e. The summed E-state index contributed by atoms with van der Waals surface area (Å²) in [6, 6.07) is 18.8. The van der Waals surface area contributed by atoms with Gasteiger partial charge in [-0.3, -0.25) is 4.99 Å². The van der Waals surface area contributed by atoms with Crippen molar-refractivity contribution in [2.45, 2.75) is 51.5 Å². The first-order valence-corrected chi connectivity index (χ1v) is 11.6. The summed E-state index contributed by atoms with van der Waals surface area (Å²) in [5.74, 6) is 0.796. The Bertz CT molecular complexity index is 807. The second kappa shape index (κ2) is 13.9. The fraction of sp³-hybridized carbons (Fsp3) is 0.500. The molecule has 1 aliphatic heterocycles. The average Bonchev–Trinajstić information content (AvgIpc) is 2.85. The molecule has 1 saturated heterocycles. The largest absolute Gasteiger partial charge is 0.381 e. The summed E-state index contributed by atoms with van der Waals surface area (Å²) in [5, 5.41) is 6.74. The summed E-state index contributed by atoms with van der Waals surface area (Å²) in [7, 11) is 1.79. The number of hydrogen-bond donors (Lipinski definition) is 2. The van der Waals surface area contributed by atoms with Gasteiger partial charge in [-0.15, -0.1) is 0 Å². The van der Waals surface area contributed by atoms with Crippen molar-refractivity contribution in [3.05, 3.63) is 71.3 Å². The highest BCUT2D eigenvalue weighted by molar-refractivity contribution is 5.79. The Morgan fingerprint density at radius 1 is 1.06 bits per heavy atom. The molecule has 6 nitrogen and oxygen atoms in total. The molecule has 174 valence electrons. The van der Waals surface area contributed by atoms with E-state index in [0.29, 0.717) is 25.9 Å². The van der Waals surface area contributed by atoms with Crippen LogP contribution in [0.1, 0.15) is 49.0 Å². The van der Waals surface area contributed by atoms with Crippen molar-refractivity contribution in [1.82, 2.24) is 10.6 Å². The van der Waals surface area contributed by atoms with E-state index in [0.717, 1.165) is 45.0 Å². The van der Waals surface area contributed by atoms with Gasteiger partial charge in [-0.25, -0.2) is 0 Å². The zero-order valence-electron chi connectivity index (χ0n) is 19.4. The van der Waals surface area contributed by atoms with Gasteiger partial charge >= 0.3 is 0 Å². The van der Waals surface area contributed by atoms with E-state index in [1.807, 2.05) is 18.2 Å². The van der Waals surface area contributed by atoms with E-state index in [4.69, 9.17) is 14.2 Å². The molecular weight excluding hydrogens is 402 g/mol. The molecule has 1 heterocycles. The Morgan fingerprint density at radius 2 is 1.84 bits per heavy atom. The van der Waals surface area contributed by atoms with Crippen LogP contribution in [0.15, 0.2) is 59.6 Å². The molecule has 0 saturated carbocycles. The molecule has 2 aromatic rings. The van der Waals surface area contributed by atoms with Gasteiger partial charge in [0.25, 0.3) is 0 Å². The van der Waals surface area contributed by atoms with Crippen LogP contribution in [0.25, 0.3) is 0 Å². The molecule has 0 radical (unpaired) electrons. The first-order chi connectivity index (χ1) is 15.7. The zero-order valence-corrected chi connectivity index (χ0v) is 19.4. The SMILES string of the molecule is CN=C(NCCCOC(C)c1ccccc1)NCc1cccc(COC2CCOCC2)c1. The molecule has 0 aromatic heterocycles. The third-order valence-corrected chi connectivity index (χ3v) is 5.58. The molecule has 0 spiro atoms. The summed E-state index contributed by atoms with van der Waals surface area (Å²) < 4.78 is 17.4. The molecule has 6 heteroatoms. The van der Waals surface area contributed by atoms with E-state index in [-0.39, 0.29) is 6.10 Å². The Balaban J connectivity index is 1.32. The topological polar surface area (TPSA) is 64.1 Å². The molecule has 1 unspecified atom stereocenters. The third-order valence-electron chi connectivity index (χ3n) is 5.58. The molecule has 0 bridgehead atoms. The highest BCUT2D eigenvalue weighted by atomic mass is 16.5. The van der Waals surface area contributed by atoms with Gasteiger partial charge in [-0.2, -0.15) is 0 Å².